The highest BCUT2D eigenvalue weighted by molar-refractivity contribution is 5.34. The van der Waals surface area contributed by atoms with Crippen molar-refractivity contribution in [2.75, 3.05) is 13.6 Å². The number of nitrogens with two attached hydrogens (primary N) is 1. The largest absolute Gasteiger partial charge is 0.388 e. The summed E-state index contributed by atoms with van der Waals surface area (Å²) in [7, 11) is 1.90. The van der Waals surface area contributed by atoms with E-state index in [0.29, 0.717) is 6.54 Å². The molecule has 0 rings (SSSR count). The first-order valence-corrected chi connectivity index (χ1v) is 5.29. The Bertz CT molecular complexity index is 277. The maximum Gasteiger partial charge on any atom is 0.0382 e. The summed E-state index contributed by atoms with van der Waals surface area (Å²) < 4.78 is 0. The van der Waals surface area contributed by atoms with Gasteiger partial charge in [-0.25, -0.2) is 0 Å². The molecule has 0 heterocycles. The Hall–Kier alpha value is -1.02. The number of hydrogen-bond donors (Lipinski definition) is 2. The Balaban J connectivity index is 5.19. The van der Waals surface area contributed by atoms with Crippen LogP contribution in [0.5, 0.6) is 0 Å². The van der Waals surface area contributed by atoms with Crippen LogP contribution in [0.4, 0.5) is 0 Å². The summed E-state index contributed by atoms with van der Waals surface area (Å²) in [5, 5.41) is 3.16. The monoisotopic (exact) mass is 208 g/mol. The van der Waals surface area contributed by atoms with Crippen molar-refractivity contribution in [3.05, 3.63) is 35.6 Å². The average Bonchev–Trinajstić information content (AvgIpc) is 2.16. The minimum atomic E-state index is 0.184. The molecule has 0 aromatic heterocycles. The zero-order valence-corrected chi connectivity index (χ0v) is 10.6. The fourth-order valence-electron chi connectivity index (χ4n) is 1.06. The molecule has 0 saturated heterocycles. The third-order valence-electron chi connectivity index (χ3n) is 2.63. The van der Waals surface area contributed by atoms with E-state index in [1.165, 1.54) is 5.57 Å². The fourth-order valence-corrected chi connectivity index (χ4v) is 1.06. The van der Waals surface area contributed by atoms with E-state index >= 15 is 0 Å². The topological polar surface area (TPSA) is 38.0 Å². The molecule has 86 valence electrons. The van der Waals surface area contributed by atoms with Crippen LogP contribution in [0.3, 0.4) is 0 Å². The van der Waals surface area contributed by atoms with Gasteiger partial charge < -0.3 is 11.1 Å². The SMILES string of the molecule is C=C/C(CN)=C(\C=C(/C)C(C)(C)C)NC. The van der Waals surface area contributed by atoms with Crippen LogP contribution in [0.2, 0.25) is 0 Å². The third-order valence-corrected chi connectivity index (χ3v) is 2.63. The standard InChI is InChI=1S/C13H24N2/c1-7-11(9-14)12(15-6)8-10(2)13(3,4)5/h7-8,15H,1,9,14H2,2-6H3/b10-8+,12-11-. The Morgan fingerprint density at radius 3 is 2.20 bits per heavy atom. The van der Waals surface area contributed by atoms with Gasteiger partial charge in [0.25, 0.3) is 0 Å². The smallest absolute Gasteiger partial charge is 0.0382 e. The Kier molecular flexibility index (Phi) is 5.37. The number of likely N-dealkylation sites (N-methyl/N-ethyl adjacent to an activating group) is 1. The van der Waals surface area contributed by atoms with Crippen molar-refractivity contribution in [3.63, 3.8) is 0 Å². The number of nitrogens with one attached hydrogen (secondary N) is 1. The van der Waals surface area contributed by atoms with Crippen LogP contribution in [0.25, 0.3) is 0 Å². The molecule has 0 aliphatic heterocycles. The van der Waals surface area contributed by atoms with Gasteiger partial charge >= 0.3 is 0 Å². The highest BCUT2D eigenvalue weighted by Gasteiger charge is 2.13. The predicted molar refractivity (Wildman–Crippen MR) is 68.5 cm³/mol. The average molecular weight is 208 g/mol. The van der Waals surface area contributed by atoms with Crippen LogP contribution in [0, 0.1) is 5.41 Å². The second kappa shape index (κ2) is 5.76. The van der Waals surface area contributed by atoms with Gasteiger partial charge in [0.1, 0.15) is 0 Å². The molecule has 2 nitrogen and oxygen atoms in total. The maximum atomic E-state index is 5.65. The van der Waals surface area contributed by atoms with Crippen molar-refractivity contribution in [1.82, 2.24) is 5.32 Å². The first-order chi connectivity index (χ1) is 6.86. The lowest BCUT2D eigenvalue weighted by Crippen LogP contribution is -2.14. The third kappa shape index (κ3) is 4.34. The summed E-state index contributed by atoms with van der Waals surface area (Å²) in [5.41, 5.74) is 9.25. The van der Waals surface area contributed by atoms with Crippen molar-refractivity contribution in [2.24, 2.45) is 11.1 Å². The minimum Gasteiger partial charge on any atom is -0.388 e. The molecule has 15 heavy (non-hydrogen) atoms. The van der Waals surface area contributed by atoms with Crippen molar-refractivity contribution < 1.29 is 0 Å². The van der Waals surface area contributed by atoms with Crippen LogP contribution in [-0.2, 0) is 0 Å². The van der Waals surface area contributed by atoms with Gasteiger partial charge in [-0.3, -0.25) is 0 Å². The van der Waals surface area contributed by atoms with Gasteiger partial charge in [0.2, 0.25) is 0 Å². The summed E-state index contributed by atoms with van der Waals surface area (Å²) >= 11 is 0. The lowest BCUT2D eigenvalue weighted by molar-refractivity contribution is 0.503. The van der Waals surface area contributed by atoms with Gasteiger partial charge in [0.05, 0.1) is 0 Å². The molecule has 0 radical (unpaired) electrons. The van der Waals surface area contributed by atoms with Gasteiger partial charge in [-0.15, -0.1) is 0 Å². The van der Waals surface area contributed by atoms with E-state index in [4.69, 9.17) is 5.73 Å². The first-order valence-electron chi connectivity index (χ1n) is 5.29. The molecular formula is C13H24N2. The van der Waals surface area contributed by atoms with E-state index < -0.39 is 0 Å². The molecule has 0 bridgehead atoms. The molecule has 0 aliphatic rings. The summed E-state index contributed by atoms with van der Waals surface area (Å²) in [6.45, 7) is 13.0. The molecule has 2 heteroatoms. The van der Waals surface area contributed by atoms with Crippen molar-refractivity contribution in [3.8, 4) is 0 Å². The molecule has 0 saturated carbocycles. The van der Waals surface area contributed by atoms with E-state index in [-0.39, 0.29) is 5.41 Å². The van der Waals surface area contributed by atoms with E-state index in [1.54, 1.807) is 6.08 Å². The zero-order chi connectivity index (χ0) is 12.1. The molecule has 0 unspecified atom stereocenters. The quantitative estimate of drug-likeness (QED) is 0.697. The van der Waals surface area contributed by atoms with Crippen molar-refractivity contribution in [1.29, 1.82) is 0 Å². The molecule has 0 atom stereocenters. The Morgan fingerprint density at radius 1 is 1.40 bits per heavy atom. The summed E-state index contributed by atoms with van der Waals surface area (Å²) in [6.07, 6.45) is 3.95. The minimum absolute atomic E-state index is 0.184. The van der Waals surface area contributed by atoms with Crippen LogP contribution in [-0.4, -0.2) is 13.6 Å². The van der Waals surface area contributed by atoms with E-state index in [9.17, 15) is 0 Å². The van der Waals surface area contributed by atoms with Gasteiger partial charge in [-0.2, -0.15) is 0 Å². The van der Waals surface area contributed by atoms with Gasteiger partial charge in [0.15, 0.2) is 0 Å². The molecule has 0 spiro atoms. The number of hydrogen-bond acceptors (Lipinski definition) is 2. The number of rotatable bonds is 4. The molecule has 0 amide bonds. The summed E-state index contributed by atoms with van der Waals surface area (Å²) in [5.74, 6) is 0. The first kappa shape index (κ1) is 14.0. The lowest BCUT2D eigenvalue weighted by atomic mass is 9.87. The van der Waals surface area contributed by atoms with E-state index in [1.807, 2.05) is 7.05 Å². The lowest BCUT2D eigenvalue weighted by Gasteiger charge is -2.20. The van der Waals surface area contributed by atoms with E-state index in [0.717, 1.165) is 11.3 Å². The molecule has 0 aliphatic carbocycles. The zero-order valence-electron chi connectivity index (χ0n) is 10.6. The summed E-state index contributed by atoms with van der Waals surface area (Å²) in [4.78, 5) is 0. The van der Waals surface area contributed by atoms with E-state index in [2.05, 4.69) is 45.7 Å². The second-order valence-electron chi connectivity index (χ2n) is 4.67. The highest BCUT2D eigenvalue weighted by Crippen LogP contribution is 2.25. The molecule has 0 aromatic carbocycles. The van der Waals surface area contributed by atoms with Crippen LogP contribution < -0.4 is 11.1 Å². The van der Waals surface area contributed by atoms with Gasteiger partial charge in [-0.05, 0) is 24.0 Å². The number of allylic oxidation sites excluding steroid dienone is 2. The summed E-state index contributed by atoms with van der Waals surface area (Å²) in [6, 6.07) is 0. The normalized spacial score (nSPS) is 14.7. The Morgan fingerprint density at radius 2 is 1.93 bits per heavy atom. The maximum absolute atomic E-state index is 5.65. The molecule has 3 N–H and O–H groups in total. The Labute approximate surface area is 93.9 Å². The second-order valence-corrected chi connectivity index (χ2v) is 4.67. The van der Waals surface area contributed by atoms with Gasteiger partial charge in [0, 0.05) is 19.3 Å². The fraction of sp³-hybridized carbons (Fsp3) is 0.538. The molecule has 0 aromatic rings. The van der Waals surface area contributed by atoms with Crippen LogP contribution in [0.1, 0.15) is 27.7 Å². The van der Waals surface area contributed by atoms with Crippen molar-refractivity contribution in [2.45, 2.75) is 27.7 Å². The molecular weight excluding hydrogens is 184 g/mol. The highest BCUT2D eigenvalue weighted by atomic mass is 14.8. The van der Waals surface area contributed by atoms with Crippen molar-refractivity contribution >= 4 is 0 Å². The predicted octanol–water partition coefficient (Wildman–Crippen LogP) is 2.60. The van der Waals surface area contributed by atoms with Crippen LogP contribution >= 0.6 is 0 Å². The van der Waals surface area contributed by atoms with Gasteiger partial charge in [-0.1, -0.05) is 39.0 Å². The molecule has 0 fully saturated rings. The van der Waals surface area contributed by atoms with Crippen LogP contribution in [0.15, 0.2) is 35.6 Å².